The first-order chi connectivity index (χ1) is 13.1. The number of hydrogen-bond donors (Lipinski definition) is 1. The van der Waals surface area contributed by atoms with Gasteiger partial charge in [-0.3, -0.25) is 4.79 Å². The molecule has 0 radical (unpaired) electrons. The molecule has 27 heavy (non-hydrogen) atoms. The summed E-state index contributed by atoms with van der Waals surface area (Å²) in [5.74, 6) is 8.11. The standard InChI is InChI=1S/C20H29N5OS/c1-24(14-17-10-6-3-7-11-17)19(26)15-27-20-23-22-18(25(20)21)13-12-16-8-4-2-5-9-16/h3,6-7,10-11,16H,2,4-5,8-9,12-15,21H2,1H3. The summed E-state index contributed by atoms with van der Waals surface area (Å²) in [7, 11) is 1.82. The molecule has 0 atom stereocenters. The maximum Gasteiger partial charge on any atom is 0.233 e. The highest BCUT2D eigenvalue weighted by molar-refractivity contribution is 7.99. The molecule has 6 nitrogen and oxygen atoms in total. The number of carbonyl (C=O) groups excluding carboxylic acids is 1. The first-order valence-electron chi connectivity index (χ1n) is 9.73. The van der Waals surface area contributed by atoms with E-state index in [0.717, 1.165) is 30.1 Å². The van der Waals surface area contributed by atoms with Gasteiger partial charge in [-0.2, -0.15) is 0 Å². The van der Waals surface area contributed by atoms with Crippen LogP contribution in [0.1, 0.15) is 49.9 Å². The Morgan fingerprint density at radius 1 is 1.22 bits per heavy atom. The Morgan fingerprint density at radius 3 is 2.70 bits per heavy atom. The average Bonchev–Trinajstić information content (AvgIpc) is 3.05. The number of nitrogens with two attached hydrogens (primary N) is 1. The molecular formula is C20H29N5OS. The van der Waals surface area contributed by atoms with E-state index in [2.05, 4.69) is 10.2 Å². The summed E-state index contributed by atoms with van der Waals surface area (Å²) >= 11 is 1.35. The summed E-state index contributed by atoms with van der Waals surface area (Å²) in [5.41, 5.74) is 1.12. The van der Waals surface area contributed by atoms with Crippen LogP contribution >= 0.6 is 11.8 Å². The molecule has 2 aromatic rings. The van der Waals surface area contributed by atoms with Crippen molar-refractivity contribution < 1.29 is 4.79 Å². The number of nitrogen functional groups attached to an aromatic ring is 1. The SMILES string of the molecule is CN(Cc1ccccc1)C(=O)CSc1nnc(CCC2CCCCC2)n1N. The average molecular weight is 388 g/mol. The highest BCUT2D eigenvalue weighted by Crippen LogP contribution is 2.27. The molecule has 1 fully saturated rings. The summed E-state index contributed by atoms with van der Waals surface area (Å²) < 4.78 is 1.55. The third-order valence-electron chi connectivity index (χ3n) is 5.25. The number of benzene rings is 1. The van der Waals surface area contributed by atoms with E-state index in [1.807, 2.05) is 37.4 Å². The maximum atomic E-state index is 12.4. The molecule has 0 unspecified atom stereocenters. The van der Waals surface area contributed by atoms with E-state index in [-0.39, 0.29) is 5.91 Å². The van der Waals surface area contributed by atoms with Crippen LogP contribution in [0.4, 0.5) is 0 Å². The first kappa shape index (κ1) is 19.7. The smallest absolute Gasteiger partial charge is 0.233 e. The topological polar surface area (TPSA) is 77.0 Å². The lowest BCUT2D eigenvalue weighted by atomic mass is 9.86. The number of nitrogens with zero attached hydrogens (tertiary/aromatic N) is 4. The van der Waals surface area contributed by atoms with Crippen molar-refractivity contribution in [3.63, 3.8) is 0 Å². The molecular weight excluding hydrogens is 358 g/mol. The number of thioether (sulfide) groups is 1. The number of aromatic nitrogens is 3. The highest BCUT2D eigenvalue weighted by Gasteiger charge is 2.17. The summed E-state index contributed by atoms with van der Waals surface area (Å²) in [5, 5.41) is 9.01. The Hall–Kier alpha value is -2.02. The zero-order valence-corrected chi connectivity index (χ0v) is 16.8. The number of aryl methyl sites for hydroxylation is 1. The van der Waals surface area contributed by atoms with Crippen LogP contribution in [0.5, 0.6) is 0 Å². The van der Waals surface area contributed by atoms with E-state index < -0.39 is 0 Å². The normalized spacial score (nSPS) is 15.0. The summed E-state index contributed by atoms with van der Waals surface area (Å²) in [6, 6.07) is 9.97. The number of hydrogen-bond acceptors (Lipinski definition) is 5. The molecule has 2 N–H and O–H groups in total. The Bertz CT molecular complexity index is 727. The van der Waals surface area contributed by atoms with E-state index >= 15 is 0 Å². The molecule has 1 aliphatic rings. The monoisotopic (exact) mass is 387 g/mol. The van der Waals surface area contributed by atoms with Gasteiger partial charge in [-0.25, -0.2) is 4.68 Å². The van der Waals surface area contributed by atoms with Gasteiger partial charge >= 0.3 is 0 Å². The van der Waals surface area contributed by atoms with E-state index in [4.69, 9.17) is 5.84 Å². The van der Waals surface area contributed by atoms with Gasteiger partial charge in [0.25, 0.3) is 0 Å². The van der Waals surface area contributed by atoms with Crippen LogP contribution in [-0.2, 0) is 17.8 Å². The lowest BCUT2D eigenvalue weighted by Crippen LogP contribution is -2.28. The van der Waals surface area contributed by atoms with Crippen molar-refractivity contribution in [3.05, 3.63) is 41.7 Å². The maximum absolute atomic E-state index is 12.4. The van der Waals surface area contributed by atoms with Gasteiger partial charge in [-0.05, 0) is 17.9 Å². The Labute approximate surface area is 165 Å². The van der Waals surface area contributed by atoms with Gasteiger partial charge in [0.1, 0.15) is 0 Å². The fourth-order valence-electron chi connectivity index (χ4n) is 3.57. The Morgan fingerprint density at radius 2 is 1.96 bits per heavy atom. The van der Waals surface area contributed by atoms with Crippen LogP contribution in [0.15, 0.2) is 35.5 Å². The quantitative estimate of drug-likeness (QED) is 0.556. The number of amides is 1. The van der Waals surface area contributed by atoms with E-state index in [1.165, 1.54) is 43.9 Å². The zero-order valence-electron chi connectivity index (χ0n) is 16.0. The fourth-order valence-corrected chi connectivity index (χ4v) is 4.38. The molecule has 1 saturated carbocycles. The number of rotatable bonds is 8. The Kier molecular flexibility index (Phi) is 7.15. The minimum Gasteiger partial charge on any atom is -0.341 e. The van der Waals surface area contributed by atoms with Gasteiger partial charge in [0.15, 0.2) is 5.82 Å². The van der Waals surface area contributed by atoms with Crippen molar-refractivity contribution in [2.75, 3.05) is 18.6 Å². The van der Waals surface area contributed by atoms with Gasteiger partial charge in [-0.15, -0.1) is 10.2 Å². The molecule has 0 bridgehead atoms. The highest BCUT2D eigenvalue weighted by atomic mass is 32.2. The molecule has 0 aliphatic heterocycles. The molecule has 1 aromatic heterocycles. The molecule has 1 amide bonds. The summed E-state index contributed by atoms with van der Waals surface area (Å²) in [6.45, 7) is 0.599. The molecule has 7 heteroatoms. The van der Waals surface area contributed by atoms with Gasteiger partial charge in [0.2, 0.25) is 11.1 Å². The zero-order chi connectivity index (χ0) is 19.1. The van der Waals surface area contributed by atoms with Gasteiger partial charge in [0, 0.05) is 20.0 Å². The molecule has 1 aliphatic carbocycles. The second-order valence-electron chi connectivity index (χ2n) is 7.34. The number of carbonyl (C=O) groups is 1. The van der Waals surface area contributed by atoms with Crippen LogP contribution in [-0.4, -0.2) is 38.5 Å². The largest absolute Gasteiger partial charge is 0.341 e. The minimum atomic E-state index is 0.0515. The molecule has 1 heterocycles. The second kappa shape index (κ2) is 9.78. The van der Waals surface area contributed by atoms with E-state index in [9.17, 15) is 4.79 Å². The lowest BCUT2D eigenvalue weighted by molar-refractivity contribution is -0.127. The van der Waals surface area contributed by atoms with Crippen LogP contribution in [0, 0.1) is 5.92 Å². The third-order valence-corrected chi connectivity index (χ3v) is 6.18. The molecule has 0 spiro atoms. The second-order valence-corrected chi connectivity index (χ2v) is 8.28. The van der Waals surface area contributed by atoms with E-state index in [1.54, 1.807) is 9.58 Å². The van der Waals surface area contributed by atoms with Crippen molar-refractivity contribution in [3.8, 4) is 0 Å². The van der Waals surface area contributed by atoms with Gasteiger partial charge in [0.05, 0.1) is 5.75 Å². The summed E-state index contributed by atoms with van der Waals surface area (Å²) in [6.07, 6.45) is 8.69. The fraction of sp³-hybridized carbons (Fsp3) is 0.550. The van der Waals surface area contributed by atoms with Crippen LogP contribution in [0.3, 0.4) is 0 Å². The predicted molar refractivity (Wildman–Crippen MR) is 109 cm³/mol. The third kappa shape index (κ3) is 5.73. The molecule has 3 rings (SSSR count). The lowest BCUT2D eigenvalue weighted by Gasteiger charge is -2.20. The van der Waals surface area contributed by atoms with Crippen molar-refractivity contribution >= 4 is 17.7 Å². The van der Waals surface area contributed by atoms with Crippen molar-refractivity contribution in [1.82, 2.24) is 19.8 Å². The van der Waals surface area contributed by atoms with Crippen LogP contribution in [0.25, 0.3) is 0 Å². The summed E-state index contributed by atoms with van der Waals surface area (Å²) in [4.78, 5) is 14.1. The van der Waals surface area contributed by atoms with E-state index in [0.29, 0.717) is 17.5 Å². The van der Waals surface area contributed by atoms with Crippen molar-refractivity contribution in [2.24, 2.45) is 5.92 Å². The van der Waals surface area contributed by atoms with Gasteiger partial charge in [-0.1, -0.05) is 74.2 Å². The first-order valence-corrected chi connectivity index (χ1v) is 10.7. The van der Waals surface area contributed by atoms with Crippen molar-refractivity contribution in [1.29, 1.82) is 0 Å². The van der Waals surface area contributed by atoms with Crippen LogP contribution < -0.4 is 5.84 Å². The van der Waals surface area contributed by atoms with Crippen LogP contribution in [0.2, 0.25) is 0 Å². The Balaban J connectivity index is 1.46. The predicted octanol–water partition coefficient (Wildman–Crippen LogP) is 3.26. The molecule has 1 aromatic carbocycles. The molecule has 146 valence electrons. The minimum absolute atomic E-state index is 0.0515. The molecule has 0 saturated heterocycles. The van der Waals surface area contributed by atoms with Gasteiger partial charge < -0.3 is 10.7 Å². The van der Waals surface area contributed by atoms with Crippen molar-refractivity contribution in [2.45, 2.75) is 56.6 Å².